The molecule has 82 valence electrons. The number of aromatic nitrogens is 1. The van der Waals surface area contributed by atoms with Crippen LogP contribution in [-0.2, 0) is 11.2 Å². The average Bonchev–Trinajstić information content (AvgIpc) is 2.27. The number of pyridine rings is 1. The molecule has 0 radical (unpaired) electrons. The van der Waals surface area contributed by atoms with Crippen molar-refractivity contribution >= 4 is 5.78 Å². The van der Waals surface area contributed by atoms with Crippen molar-refractivity contribution in [2.75, 3.05) is 6.54 Å². The summed E-state index contributed by atoms with van der Waals surface area (Å²) >= 11 is 0. The summed E-state index contributed by atoms with van der Waals surface area (Å²) in [6.07, 6.45) is 5.45. The van der Waals surface area contributed by atoms with Gasteiger partial charge in [0.05, 0.1) is 0 Å². The monoisotopic (exact) mass is 206 g/mol. The van der Waals surface area contributed by atoms with E-state index in [-0.39, 0.29) is 5.78 Å². The molecule has 15 heavy (non-hydrogen) atoms. The normalized spacial score (nSPS) is 12.4. The lowest BCUT2D eigenvalue weighted by atomic mass is 10.0. The first-order chi connectivity index (χ1) is 7.22. The first-order valence-corrected chi connectivity index (χ1v) is 5.33. The fraction of sp³-hybridized carbons (Fsp3) is 0.500. The molecule has 0 fully saturated rings. The molecule has 1 heterocycles. The van der Waals surface area contributed by atoms with Crippen molar-refractivity contribution in [1.29, 1.82) is 0 Å². The summed E-state index contributed by atoms with van der Waals surface area (Å²) in [5.41, 5.74) is 6.48. The van der Waals surface area contributed by atoms with Gasteiger partial charge >= 0.3 is 0 Å². The highest BCUT2D eigenvalue weighted by molar-refractivity contribution is 5.80. The summed E-state index contributed by atoms with van der Waals surface area (Å²) in [5.74, 6) is 0.700. The van der Waals surface area contributed by atoms with Crippen molar-refractivity contribution in [3.05, 3.63) is 30.1 Å². The summed E-state index contributed by atoms with van der Waals surface area (Å²) in [6.45, 7) is 2.72. The predicted octanol–water partition coefficient (Wildman–Crippen LogP) is 1.57. The number of ketones is 1. The van der Waals surface area contributed by atoms with Crippen molar-refractivity contribution in [2.45, 2.75) is 26.2 Å². The highest BCUT2D eigenvalue weighted by Crippen LogP contribution is 2.07. The smallest absolute Gasteiger partial charge is 0.137 e. The van der Waals surface area contributed by atoms with Gasteiger partial charge in [0.15, 0.2) is 0 Å². The maximum atomic E-state index is 11.6. The fourth-order valence-corrected chi connectivity index (χ4v) is 1.34. The van der Waals surface area contributed by atoms with Gasteiger partial charge in [-0.25, -0.2) is 0 Å². The van der Waals surface area contributed by atoms with Crippen LogP contribution in [0.1, 0.15) is 25.3 Å². The van der Waals surface area contributed by atoms with E-state index in [1.807, 2.05) is 12.1 Å². The molecule has 0 bridgehead atoms. The van der Waals surface area contributed by atoms with E-state index in [4.69, 9.17) is 5.73 Å². The summed E-state index contributed by atoms with van der Waals surface area (Å²) in [4.78, 5) is 15.5. The Morgan fingerprint density at radius 2 is 2.40 bits per heavy atom. The number of Topliss-reactive ketones (excluding diaryl/α,β-unsaturated/α-hetero) is 1. The zero-order valence-corrected chi connectivity index (χ0v) is 9.15. The Balaban J connectivity index is 2.31. The molecule has 1 rings (SSSR count). The molecule has 1 atom stereocenters. The summed E-state index contributed by atoms with van der Waals surface area (Å²) in [7, 11) is 0. The summed E-state index contributed by atoms with van der Waals surface area (Å²) in [5, 5.41) is 0. The van der Waals surface area contributed by atoms with Crippen LogP contribution in [0.2, 0.25) is 0 Å². The van der Waals surface area contributed by atoms with Crippen molar-refractivity contribution < 1.29 is 4.79 Å². The van der Waals surface area contributed by atoms with E-state index in [1.165, 1.54) is 0 Å². The van der Waals surface area contributed by atoms with Crippen LogP contribution >= 0.6 is 0 Å². The van der Waals surface area contributed by atoms with E-state index in [9.17, 15) is 4.79 Å². The Labute approximate surface area is 90.7 Å². The molecule has 3 nitrogen and oxygen atoms in total. The number of carbonyl (C=O) groups excluding carboxylic acids is 1. The van der Waals surface area contributed by atoms with Gasteiger partial charge in [-0.3, -0.25) is 9.78 Å². The molecule has 0 aliphatic rings. The molecule has 0 saturated heterocycles. The SMILES string of the molecule is CC(CN)CCC(=O)Cc1cccnc1. The Kier molecular flexibility index (Phi) is 4.98. The topological polar surface area (TPSA) is 56.0 Å². The molecule has 1 unspecified atom stereocenters. The Morgan fingerprint density at radius 3 is 3.00 bits per heavy atom. The zero-order chi connectivity index (χ0) is 11.1. The molecule has 1 aromatic rings. The second-order valence-corrected chi connectivity index (χ2v) is 3.96. The number of nitrogens with zero attached hydrogens (tertiary/aromatic N) is 1. The Bertz CT molecular complexity index is 298. The van der Waals surface area contributed by atoms with Crippen LogP contribution in [0, 0.1) is 5.92 Å². The van der Waals surface area contributed by atoms with Crippen LogP contribution in [0.25, 0.3) is 0 Å². The third-order valence-electron chi connectivity index (χ3n) is 2.44. The van der Waals surface area contributed by atoms with Gasteiger partial charge in [0.2, 0.25) is 0 Å². The molecular weight excluding hydrogens is 188 g/mol. The van der Waals surface area contributed by atoms with Gasteiger partial charge < -0.3 is 5.73 Å². The minimum Gasteiger partial charge on any atom is -0.330 e. The average molecular weight is 206 g/mol. The molecule has 0 aliphatic carbocycles. The quantitative estimate of drug-likeness (QED) is 0.768. The number of rotatable bonds is 6. The highest BCUT2D eigenvalue weighted by Gasteiger charge is 2.06. The number of carbonyl (C=O) groups is 1. The van der Waals surface area contributed by atoms with Crippen LogP contribution in [0.15, 0.2) is 24.5 Å². The second kappa shape index (κ2) is 6.30. The molecule has 2 N–H and O–H groups in total. The van der Waals surface area contributed by atoms with E-state index in [1.54, 1.807) is 12.4 Å². The van der Waals surface area contributed by atoms with Crippen LogP contribution in [-0.4, -0.2) is 17.3 Å². The van der Waals surface area contributed by atoms with Crippen molar-refractivity contribution in [3.63, 3.8) is 0 Å². The standard InChI is InChI=1S/C12H18N2O/c1-10(8-13)4-5-12(15)7-11-3-2-6-14-9-11/h2-3,6,9-10H,4-5,7-8,13H2,1H3. The van der Waals surface area contributed by atoms with Gasteiger partial charge in [-0.15, -0.1) is 0 Å². The lowest BCUT2D eigenvalue weighted by Crippen LogP contribution is -2.13. The molecule has 1 aromatic heterocycles. The van der Waals surface area contributed by atoms with E-state index >= 15 is 0 Å². The Morgan fingerprint density at radius 1 is 1.60 bits per heavy atom. The first-order valence-electron chi connectivity index (χ1n) is 5.33. The first kappa shape index (κ1) is 11.9. The van der Waals surface area contributed by atoms with Crippen LogP contribution < -0.4 is 5.73 Å². The van der Waals surface area contributed by atoms with E-state index < -0.39 is 0 Å². The van der Waals surface area contributed by atoms with Gasteiger partial charge in [0.25, 0.3) is 0 Å². The van der Waals surface area contributed by atoms with Gasteiger partial charge in [-0.05, 0) is 30.5 Å². The lowest BCUT2D eigenvalue weighted by Gasteiger charge is -2.06. The maximum Gasteiger partial charge on any atom is 0.137 e. The number of hydrogen-bond acceptors (Lipinski definition) is 3. The van der Waals surface area contributed by atoms with E-state index in [0.29, 0.717) is 25.3 Å². The number of nitrogens with two attached hydrogens (primary N) is 1. The predicted molar refractivity (Wildman–Crippen MR) is 60.4 cm³/mol. The third kappa shape index (κ3) is 4.70. The van der Waals surface area contributed by atoms with Crippen molar-refractivity contribution in [3.8, 4) is 0 Å². The van der Waals surface area contributed by atoms with Gasteiger partial charge in [0.1, 0.15) is 5.78 Å². The second-order valence-electron chi connectivity index (χ2n) is 3.96. The number of hydrogen-bond donors (Lipinski definition) is 1. The van der Waals surface area contributed by atoms with Crippen LogP contribution in [0.5, 0.6) is 0 Å². The molecule has 0 saturated carbocycles. The fourth-order valence-electron chi connectivity index (χ4n) is 1.34. The highest BCUT2D eigenvalue weighted by atomic mass is 16.1. The van der Waals surface area contributed by atoms with Crippen LogP contribution in [0.3, 0.4) is 0 Å². The minimum absolute atomic E-state index is 0.267. The third-order valence-corrected chi connectivity index (χ3v) is 2.44. The van der Waals surface area contributed by atoms with Gasteiger partial charge in [-0.1, -0.05) is 13.0 Å². The lowest BCUT2D eigenvalue weighted by molar-refractivity contribution is -0.118. The largest absolute Gasteiger partial charge is 0.330 e. The molecular formula is C12H18N2O. The maximum absolute atomic E-state index is 11.6. The van der Waals surface area contributed by atoms with Crippen molar-refractivity contribution in [1.82, 2.24) is 4.98 Å². The van der Waals surface area contributed by atoms with Crippen LogP contribution in [0.4, 0.5) is 0 Å². The van der Waals surface area contributed by atoms with Crippen molar-refractivity contribution in [2.24, 2.45) is 11.7 Å². The summed E-state index contributed by atoms with van der Waals surface area (Å²) in [6, 6.07) is 3.78. The van der Waals surface area contributed by atoms with Gasteiger partial charge in [-0.2, -0.15) is 0 Å². The van der Waals surface area contributed by atoms with Gasteiger partial charge in [0, 0.05) is 25.2 Å². The zero-order valence-electron chi connectivity index (χ0n) is 9.15. The van der Waals surface area contributed by atoms with E-state index in [0.717, 1.165) is 12.0 Å². The molecule has 0 spiro atoms. The molecule has 0 amide bonds. The molecule has 0 aromatic carbocycles. The molecule has 3 heteroatoms. The molecule has 0 aliphatic heterocycles. The summed E-state index contributed by atoms with van der Waals surface area (Å²) < 4.78 is 0. The minimum atomic E-state index is 0.267. The Hall–Kier alpha value is -1.22. The van der Waals surface area contributed by atoms with E-state index in [2.05, 4.69) is 11.9 Å².